The fourth-order valence-electron chi connectivity index (χ4n) is 5.82. The molecular formula is C20H24O2. The summed E-state index contributed by atoms with van der Waals surface area (Å²) in [5.74, 6) is 2.65. The molecule has 0 saturated heterocycles. The molecule has 0 bridgehead atoms. The summed E-state index contributed by atoms with van der Waals surface area (Å²) in [5.41, 5.74) is 2.28. The maximum atomic E-state index is 12.6. The molecule has 0 aliphatic heterocycles. The largest absolute Gasteiger partial charge is 0.508 e. The molecule has 4 rings (SSSR count). The second-order valence-electron chi connectivity index (χ2n) is 7.74. The zero-order valence-corrected chi connectivity index (χ0v) is 13.2. The number of rotatable bonds is 1. The highest BCUT2D eigenvalue weighted by molar-refractivity contribution is 5.99. The lowest BCUT2D eigenvalue weighted by atomic mass is 9.54. The van der Waals surface area contributed by atoms with Crippen LogP contribution in [0.25, 0.3) is 0 Å². The van der Waals surface area contributed by atoms with E-state index in [9.17, 15) is 9.90 Å². The van der Waals surface area contributed by atoms with Crippen molar-refractivity contribution < 1.29 is 9.90 Å². The quantitative estimate of drug-likeness (QED) is 0.763. The van der Waals surface area contributed by atoms with Crippen LogP contribution in [-0.2, 0) is 0 Å². The van der Waals surface area contributed by atoms with Gasteiger partial charge in [-0.2, -0.15) is 0 Å². The smallest absolute Gasteiger partial charge is 0.163 e. The number of carbonyl (C=O) groups excluding carboxylic acids is 1. The molecule has 3 aliphatic carbocycles. The van der Waals surface area contributed by atoms with Gasteiger partial charge < -0.3 is 5.11 Å². The van der Waals surface area contributed by atoms with Gasteiger partial charge in [-0.05, 0) is 72.5 Å². The SMILES string of the molecule is C=C[C@H]1CCC2C3CC(=O)c4cc(O)ccc4C3CC[C@@]21C. The summed E-state index contributed by atoms with van der Waals surface area (Å²) in [4.78, 5) is 12.6. The van der Waals surface area contributed by atoms with Gasteiger partial charge in [-0.15, -0.1) is 6.58 Å². The minimum absolute atomic E-state index is 0.207. The summed E-state index contributed by atoms with van der Waals surface area (Å²) in [6.45, 7) is 6.47. The van der Waals surface area contributed by atoms with Gasteiger partial charge in [0.25, 0.3) is 0 Å². The van der Waals surface area contributed by atoms with Crippen LogP contribution in [0.3, 0.4) is 0 Å². The van der Waals surface area contributed by atoms with E-state index in [1.807, 2.05) is 6.07 Å². The van der Waals surface area contributed by atoms with Gasteiger partial charge in [0.1, 0.15) is 5.75 Å². The van der Waals surface area contributed by atoms with Crippen LogP contribution in [0.4, 0.5) is 0 Å². The summed E-state index contributed by atoms with van der Waals surface area (Å²) in [6.07, 6.45) is 7.65. The molecule has 0 spiro atoms. The monoisotopic (exact) mass is 296 g/mol. The molecule has 3 aliphatic rings. The molecular weight excluding hydrogens is 272 g/mol. The van der Waals surface area contributed by atoms with Crippen LogP contribution in [0, 0.1) is 23.2 Å². The standard InChI is InChI=1S/C20H24O2/c1-3-12-4-7-18-16-11-19(22)17-10-13(21)5-6-14(17)15(16)8-9-20(12,18)2/h3,5-6,10,12,15-16,18,21H,1,4,7-9,11H2,2H3/t12-,15?,16?,18?,20+/m0/s1. The highest BCUT2D eigenvalue weighted by Gasteiger charge is 2.54. The number of ketones is 1. The number of phenols is 1. The summed E-state index contributed by atoms with van der Waals surface area (Å²) in [5, 5.41) is 9.70. The molecule has 0 amide bonds. The third-order valence-corrected chi connectivity index (χ3v) is 6.95. The van der Waals surface area contributed by atoms with E-state index in [0.717, 1.165) is 12.0 Å². The number of hydrogen-bond acceptors (Lipinski definition) is 2. The van der Waals surface area contributed by atoms with Crippen LogP contribution in [0.5, 0.6) is 5.75 Å². The number of benzene rings is 1. The van der Waals surface area contributed by atoms with Crippen LogP contribution >= 0.6 is 0 Å². The third kappa shape index (κ3) is 1.76. The number of fused-ring (bicyclic) bond motifs is 5. The van der Waals surface area contributed by atoms with Crippen LogP contribution in [0.15, 0.2) is 30.9 Å². The van der Waals surface area contributed by atoms with E-state index in [4.69, 9.17) is 0 Å². The normalized spacial score (nSPS) is 39.8. The molecule has 2 saturated carbocycles. The number of hydrogen-bond donors (Lipinski definition) is 1. The molecule has 0 heterocycles. The van der Waals surface area contributed by atoms with Crippen molar-refractivity contribution in [3.05, 3.63) is 42.0 Å². The number of aromatic hydroxyl groups is 1. The van der Waals surface area contributed by atoms with Crippen LogP contribution < -0.4 is 0 Å². The summed E-state index contributed by atoms with van der Waals surface area (Å²) in [6, 6.07) is 5.40. The Hall–Kier alpha value is -1.57. The topological polar surface area (TPSA) is 37.3 Å². The highest BCUT2D eigenvalue weighted by Crippen LogP contribution is 2.63. The Morgan fingerprint density at radius 1 is 1.32 bits per heavy atom. The van der Waals surface area contributed by atoms with Crippen molar-refractivity contribution in [2.75, 3.05) is 0 Å². The molecule has 1 N–H and O–H groups in total. The Balaban J connectivity index is 1.75. The van der Waals surface area contributed by atoms with Crippen molar-refractivity contribution in [2.45, 2.75) is 44.9 Å². The van der Waals surface area contributed by atoms with Gasteiger partial charge in [-0.25, -0.2) is 0 Å². The lowest BCUT2D eigenvalue weighted by Crippen LogP contribution is -2.43. The summed E-state index contributed by atoms with van der Waals surface area (Å²) < 4.78 is 0. The number of Topliss-reactive ketones (excluding diaryl/α,β-unsaturated/α-hetero) is 1. The van der Waals surface area contributed by atoms with Gasteiger partial charge in [-0.3, -0.25) is 4.79 Å². The molecule has 5 atom stereocenters. The van der Waals surface area contributed by atoms with E-state index in [1.54, 1.807) is 12.1 Å². The average molecular weight is 296 g/mol. The number of carbonyl (C=O) groups is 1. The first-order chi connectivity index (χ1) is 10.5. The van der Waals surface area contributed by atoms with Crippen molar-refractivity contribution in [3.8, 4) is 5.75 Å². The Kier molecular flexibility index (Phi) is 3.01. The van der Waals surface area contributed by atoms with Crippen molar-refractivity contribution in [3.63, 3.8) is 0 Å². The van der Waals surface area contributed by atoms with E-state index < -0.39 is 0 Å². The second-order valence-corrected chi connectivity index (χ2v) is 7.74. The summed E-state index contributed by atoms with van der Waals surface area (Å²) in [7, 11) is 0. The molecule has 22 heavy (non-hydrogen) atoms. The van der Waals surface area contributed by atoms with Gasteiger partial charge in [0, 0.05) is 12.0 Å². The van der Waals surface area contributed by atoms with Gasteiger partial charge >= 0.3 is 0 Å². The lowest BCUT2D eigenvalue weighted by molar-refractivity contribution is 0.0386. The predicted molar refractivity (Wildman–Crippen MR) is 87.0 cm³/mol. The van der Waals surface area contributed by atoms with Crippen molar-refractivity contribution in [1.82, 2.24) is 0 Å². The van der Waals surface area contributed by atoms with E-state index >= 15 is 0 Å². The van der Waals surface area contributed by atoms with Gasteiger partial charge in [0.2, 0.25) is 0 Å². The first-order valence-electron chi connectivity index (χ1n) is 8.53. The zero-order chi connectivity index (χ0) is 15.5. The number of phenolic OH excluding ortho intramolecular Hbond substituents is 1. The van der Waals surface area contributed by atoms with Gasteiger partial charge in [-0.1, -0.05) is 19.1 Å². The fraction of sp³-hybridized carbons (Fsp3) is 0.550. The first kappa shape index (κ1) is 14.0. The highest BCUT2D eigenvalue weighted by atomic mass is 16.3. The number of allylic oxidation sites excluding steroid dienone is 1. The zero-order valence-electron chi connectivity index (χ0n) is 13.2. The molecule has 1 aromatic rings. The maximum Gasteiger partial charge on any atom is 0.163 e. The fourth-order valence-corrected chi connectivity index (χ4v) is 5.82. The molecule has 2 nitrogen and oxygen atoms in total. The predicted octanol–water partition coefficient (Wildman–Crippen LogP) is 4.69. The second kappa shape index (κ2) is 4.71. The summed E-state index contributed by atoms with van der Waals surface area (Å²) >= 11 is 0. The molecule has 2 heteroatoms. The van der Waals surface area contributed by atoms with Crippen molar-refractivity contribution in [1.29, 1.82) is 0 Å². The molecule has 2 fully saturated rings. The Morgan fingerprint density at radius 3 is 2.91 bits per heavy atom. The molecule has 0 aromatic heterocycles. The molecule has 0 radical (unpaired) electrons. The first-order valence-corrected chi connectivity index (χ1v) is 8.53. The van der Waals surface area contributed by atoms with E-state index in [1.165, 1.54) is 24.8 Å². The van der Waals surface area contributed by atoms with Crippen LogP contribution in [0.2, 0.25) is 0 Å². The lowest BCUT2D eigenvalue weighted by Gasteiger charge is -2.50. The molecule has 3 unspecified atom stereocenters. The minimum Gasteiger partial charge on any atom is -0.508 e. The third-order valence-electron chi connectivity index (χ3n) is 6.95. The molecule has 1 aromatic carbocycles. The Morgan fingerprint density at radius 2 is 2.14 bits per heavy atom. The van der Waals surface area contributed by atoms with E-state index in [2.05, 4.69) is 19.6 Å². The van der Waals surface area contributed by atoms with Crippen LogP contribution in [0.1, 0.15) is 60.9 Å². The van der Waals surface area contributed by atoms with E-state index in [0.29, 0.717) is 35.5 Å². The van der Waals surface area contributed by atoms with Crippen LogP contribution in [-0.4, -0.2) is 10.9 Å². The van der Waals surface area contributed by atoms with Gasteiger partial charge in [0.05, 0.1) is 0 Å². The Bertz CT molecular complexity index is 647. The molecule has 116 valence electrons. The van der Waals surface area contributed by atoms with Crippen molar-refractivity contribution in [2.24, 2.45) is 23.2 Å². The maximum absolute atomic E-state index is 12.6. The average Bonchev–Trinajstić information content (AvgIpc) is 2.84. The Labute approximate surface area is 132 Å². The van der Waals surface area contributed by atoms with Crippen molar-refractivity contribution >= 4 is 5.78 Å². The minimum atomic E-state index is 0.207. The van der Waals surface area contributed by atoms with E-state index in [-0.39, 0.29) is 11.5 Å². The van der Waals surface area contributed by atoms with Gasteiger partial charge in [0.15, 0.2) is 5.78 Å².